The van der Waals surface area contributed by atoms with Crippen LogP contribution in [0.5, 0.6) is 5.75 Å². The number of methoxy groups -OCH3 is 1. The smallest absolute Gasteiger partial charge is 0.416 e. The number of carbonyl (C=O) groups excluding carboxylic acids is 2. The van der Waals surface area contributed by atoms with E-state index in [1.165, 1.54) is 48.4 Å². The van der Waals surface area contributed by atoms with Gasteiger partial charge < -0.3 is 15.8 Å². The maximum absolute atomic E-state index is 13.0. The first-order valence-corrected chi connectivity index (χ1v) is 9.91. The van der Waals surface area contributed by atoms with Gasteiger partial charge in [0.25, 0.3) is 5.91 Å². The van der Waals surface area contributed by atoms with Gasteiger partial charge in [-0.1, -0.05) is 6.07 Å². The van der Waals surface area contributed by atoms with Crippen LogP contribution in [0.25, 0.3) is 0 Å². The number of hydrogen-bond donors (Lipinski definition) is 2. The highest BCUT2D eigenvalue weighted by Gasteiger charge is 2.32. The number of halogens is 3. The number of alkyl halides is 3. The molecule has 12 heteroatoms. The summed E-state index contributed by atoms with van der Waals surface area (Å²) in [5, 5.41) is 2.56. The number of ether oxygens (including phenoxy) is 1. The number of nitrogens with two attached hydrogens (primary N) is 1. The van der Waals surface area contributed by atoms with Crippen molar-refractivity contribution in [2.75, 3.05) is 35.0 Å². The third-order valence-corrected chi connectivity index (χ3v) is 5.17. The van der Waals surface area contributed by atoms with Crippen molar-refractivity contribution in [2.24, 2.45) is 0 Å². The Hall–Kier alpha value is -4.35. The number of carbonyl (C=O) groups is 2. The van der Waals surface area contributed by atoms with Gasteiger partial charge in [0.2, 0.25) is 5.95 Å². The fourth-order valence-electron chi connectivity index (χ4n) is 3.49. The highest BCUT2D eigenvalue weighted by molar-refractivity contribution is 6.07. The average molecular weight is 472 g/mol. The zero-order valence-corrected chi connectivity index (χ0v) is 18.1. The predicted molar refractivity (Wildman–Crippen MR) is 119 cm³/mol. The molecule has 3 aromatic rings. The standard InChI is InChI=1S/C22H19F3N6O3/c1-30-18-13(10-27-20(26)29-18)11-31(21(30)33)16-7-15(8-17(9-16)34-2)28-19(32)12-4-3-5-14(6-12)22(23,24)25/h3-10H,11H2,1-2H3,(H,28,32)(H2,26,27,29). The minimum Gasteiger partial charge on any atom is -0.497 e. The van der Waals surface area contributed by atoms with Gasteiger partial charge in [-0.05, 0) is 24.3 Å². The number of nitrogens with zero attached hydrogens (tertiary/aromatic N) is 4. The molecule has 0 spiro atoms. The van der Waals surface area contributed by atoms with Crippen LogP contribution in [0.1, 0.15) is 21.5 Å². The van der Waals surface area contributed by atoms with Crippen molar-refractivity contribution in [3.05, 3.63) is 65.4 Å². The van der Waals surface area contributed by atoms with Crippen molar-refractivity contribution >= 4 is 35.1 Å². The summed E-state index contributed by atoms with van der Waals surface area (Å²) < 4.78 is 44.3. The highest BCUT2D eigenvalue weighted by atomic mass is 19.4. The number of nitrogens with one attached hydrogen (secondary N) is 1. The van der Waals surface area contributed by atoms with Crippen LogP contribution < -0.4 is 25.6 Å². The molecule has 2 aromatic carbocycles. The summed E-state index contributed by atoms with van der Waals surface area (Å²) in [5.41, 5.74) is 5.78. The topological polar surface area (TPSA) is 114 Å². The Kier molecular flexibility index (Phi) is 5.73. The number of urea groups is 1. The zero-order valence-electron chi connectivity index (χ0n) is 18.1. The molecule has 2 heterocycles. The third-order valence-electron chi connectivity index (χ3n) is 5.17. The molecule has 0 radical (unpaired) electrons. The van der Waals surface area contributed by atoms with E-state index in [9.17, 15) is 22.8 Å². The summed E-state index contributed by atoms with van der Waals surface area (Å²) in [4.78, 5) is 36.5. The number of nitrogen functional groups attached to an aromatic ring is 1. The maximum Gasteiger partial charge on any atom is 0.416 e. The van der Waals surface area contributed by atoms with Crippen LogP contribution >= 0.6 is 0 Å². The minimum absolute atomic E-state index is 0.0350. The maximum atomic E-state index is 13.0. The first kappa shape index (κ1) is 22.8. The van der Waals surface area contributed by atoms with Crippen molar-refractivity contribution in [2.45, 2.75) is 12.7 Å². The fourth-order valence-corrected chi connectivity index (χ4v) is 3.49. The number of rotatable bonds is 4. The first-order chi connectivity index (χ1) is 16.1. The molecule has 0 fully saturated rings. The molecule has 34 heavy (non-hydrogen) atoms. The van der Waals surface area contributed by atoms with E-state index in [1.807, 2.05) is 0 Å². The number of aromatic nitrogens is 2. The lowest BCUT2D eigenvalue weighted by Crippen LogP contribution is -2.46. The Bertz CT molecular complexity index is 1280. The molecule has 1 aromatic heterocycles. The molecule has 176 valence electrons. The lowest BCUT2D eigenvalue weighted by molar-refractivity contribution is -0.137. The fraction of sp³-hybridized carbons (Fsp3) is 0.182. The largest absolute Gasteiger partial charge is 0.497 e. The molecule has 0 unspecified atom stereocenters. The molecule has 1 aliphatic heterocycles. The van der Waals surface area contributed by atoms with Crippen molar-refractivity contribution in [3.8, 4) is 5.75 Å². The SMILES string of the molecule is COc1cc(NC(=O)c2cccc(C(F)(F)F)c2)cc(N2Cc3cnc(N)nc3N(C)C2=O)c1. The van der Waals surface area contributed by atoms with Gasteiger partial charge in [0, 0.05) is 42.2 Å². The average Bonchev–Trinajstić information content (AvgIpc) is 2.81. The van der Waals surface area contributed by atoms with Gasteiger partial charge in [-0.2, -0.15) is 18.2 Å². The number of hydrogen-bond acceptors (Lipinski definition) is 6. The lowest BCUT2D eigenvalue weighted by atomic mass is 10.1. The second kappa shape index (κ2) is 8.54. The number of anilines is 4. The third kappa shape index (κ3) is 4.42. The molecule has 3 N–H and O–H groups in total. The normalized spacial score (nSPS) is 13.5. The van der Waals surface area contributed by atoms with Gasteiger partial charge in [-0.3, -0.25) is 14.6 Å². The van der Waals surface area contributed by atoms with E-state index in [2.05, 4.69) is 15.3 Å². The molecule has 0 saturated heterocycles. The van der Waals surface area contributed by atoms with Crippen molar-refractivity contribution in [1.82, 2.24) is 9.97 Å². The summed E-state index contributed by atoms with van der Waals surface area (Å²) in [6.45, 7) is 0.132. The second-order valence-corrected chi connectivity index (χ2v) is 7.46. The molecular weight excluding hydrogens is 453 g/mol. The van der Waals surface area contributed by atoms with E-state index in [4.69, 9.17) is 10.5 Å². The van der Waals surface area contributed by atoms with Gasteiger partial charge >= 0.3 is 12.2 Å². The highest BCUT2D eigenvalue weighted by Crippen LogP contribution is 2.34. The summed E-state index contributed by atoms with van der Waals surface area (Å²) >= 11 is 0. The Morgan fingerprint density at radius 1 is 1.21 bits per heavy atom. The predicted octanol–water partition coefficient (Wildman–Crippen LogP) is 3.91. The first-order valence-electron chi connectivity index (χ1n) is 9.91. The zero-order chi connectivity index (χ0) is 24.6. The van der Waals surface area contributed by atoms with Crippen LogP contribution in [-0.4, -0.2) is 36.1 Å². The van der Waals surface area contributed by atoms with E-state index < -0.39 is 23.7 Å². The Morgan fingerprint density at radius 3 is 2.68 bits per heavy atom. The van der Waals surface area contributed by atoms with Crippen LogP contribution in [0.15, 0.2) is 48.7 Å². The molecule has 9 nitrogen and oxygen atoms in total. The van der Waals surface area contributed by atoms with E-state index >= 15 is 0 Å². The Morgan fingerprint density at radius 2 is 1.97 bits per heavy atom. The van der Waals surface area contributed by atoms with Gasteiger partial charge in [0.1, 0.15) is 11.6 Å². The molecule has 4 rings (SSSR count). The molecule has 3 amide bonds. The second-order valence-electron chi connectivity index (χ2n) is 7.46. The summed E-state index contributed by atoms with van der Waals surface area (Å²) in [7, 11) is 2.95. The van der Waals surface area contributed by atoms with Gasteiger partial charge in [0.15, 0.2) is 0 Å². The van der Waals surface area contributed by atoms with Crippen LogP contribution in [0.3, 0.4) is 0 Å². The van der Waals surface area contributed by atoms with E-state index in [0.717, 1.165) is 18.2 Å². The number of benzene rings is 2. The van der Waals surface area contributed by atoms with Crippen LogP contribution in [0, 0.1) is 0 Å². The number of amides is 3. The van der Waals surface area contributed by atoms with Crippen molar-refractivity contribution in [1.29, 1.82) is 0 Å². The molecular formula is C22H19F3N6O3. The van der Waals surface area contributed by atoms with Crippen molar-refractivity contribution < 1.29 is 27.5 Å². The van der Waals surface area contributed by atoms with E-state index in [0.29, 0.717) is 22.8 Å². The molecule has 0 aliphatic carbocycles. The van der Waals surface area contributed by atoms with Gasteiger partial charge in [-0.15, -0.1) is 0 Å². The van der Waals surface area contributed by atoms with E-state index in [-0.39, 0.29) is 23.7 Å². The van der Waals surface area contributed by atoms with Crippen molar-refractivity contribution in [3.63, 3.8) is 0 Å². The Balaban J connectivity index is 1.65. The van der Waals surface area contributed by atoms with E-state index in [1.54, 1.807) is 6.07 Å². The molecule has 1 aliphatic rings. The van der Waals surface area contributed by atoms with Gasteiger partial charge in [-0.25, -0.2) is 9.78 Å². The van der Waals surface area contributed by atoms with Crippen LogP contribution in [0.4, 0.5) is 41.1 Å². The van der Waals surface area contributed by atoms with Gasteiger partial charge in [0.05, 0.1) is 24.9 Å². The monoisotopic (exact) mass is 472 g/mol. The molecule has 0 bridgehead atoms. The quantitative estimate of drug-likeness (QED) is 0.595. The Labute approximate surface area is 192 Å². The molecule has 0 saturated carbocycles. The summed E-state index contributed by atoms with van der Waals surface area (Å²) in [5.74, 6) is -0.00389. The molecule has 0 atom stereocenters. The summed E-state index contributed by atoms with van der Waals surface area (Å²) in [6, 6.07) is 8.27. The minimum atomic E-state index is -4.58. The van der Waals surface area contributed by atoms with Crippen LogP contribution in [-0.2, 0) is 12.7 Å². The lowest BCUT2D eigenvalue weighted by Gasteiger charge is -2.34. The summed E-state index contributed by atoms with van der Waals surface area (Å²) in [6.07, 6.45) is -3.06. The number of fused-ring (bicyclic) bond motifs is 1. The van der Waals surface area contributed by atoms with Crippen LogP contribution in [0.2, 0.25) is 0 Å².